The number of rotatable bonds is 3. The zero-order valence-corrected chi connectivity index (χ0v) is 13.0. The summed E-state index contributed by atoms with van der Waals surface area (Å²) in [5.74, 6) is -1.86. The van der Waals surface area contributed by atoms with Crippen molar-refractivity contribution in [2.45, 2.75) is 0 Å². The van der Waals surface area contributed by atoms with Crippen LogP contribution in [0.3, 0.4) is 0 Å². The molecule has 126 valence electrons. The molecule has 2 heterocycles. The fourth-order valence-electron chi connectivity index (χ4n) is 2.25. The lowest BCUT2D eigenvalue weighted by Gasteiger charge is -2.21. The Bertz CT molecular complexity index is 923. The van der Waals surface area contributed by atoms with Gasteiger partial charge in [-0.2, -0.15) is 0 Å². The minimum absolute atomic E-state index is 0.148. The van der Waals surface area contributed by atoms with E-state index in [0.717, 1.165) is 4.90 Å². The van der Waals surface area contributed by atoms with Gasteiger partial charge < -0.3 is 9.52 Å². The maximum absolute atomic E-state index is 12.0. The van der Waals surface area contributed by atoms with Crippen molar-refractivity contribution in [1.29, 1.82) is 0 Å². The highest BCUT2D eigenvalue weighted by Crippen LogP contribution is 2.24. The number of nitrogens with zero attached hydrogens (tertiary/aromatic N) is 1. The Morgan fingerprint density at radius 2 is 1.80 bits per heavy atom. The van der Waals surface area contributed by atoms with E-state index in [9.17, 15) is 19.2 Å². The molecule has 0 saturated carbocycles. The van der Waals surface area contributed by atoms with Gasteiger partial charge in [0, 0.05) is 12.6 Å². The Labute approximate surface area is 141 Å². The number of imide groups is 2. The average Bonchev–Trinajstić information content (AvgIpc) is 3.05. The topological polar surface area (TPSA) is 117 Å². The van der Waals surface area contributed by atoms with Crippen LogP contribution in [0.2, 0.25) is 0 Å². The molecule has 4 amide bonds. The second-order valence-electron chi connectivity index (χ2n) is 5.27. The van der Waals surface area contributed by atoms with E-state index in [-0.39, 0.29) is 16.9 Å². The predicted octanol–water partition coefficient (Wildman–Crippen LogP) is 1.74. The Morgan fingerprint density at radius 3 is 2.44 bits per heavy atom. The molecule has 0 bridgehead atoms. The van der Waals surface area contributed by atoms with Crippen molar-refractivity contribution in [1.82, 2.24) is 10.2 Å². The van der Waals surface area contributed by atoms with Gasteiger partial charge in [-0.05, 0) is 30.3 Å². The van der Waals surface area contributed by atoms with E-state index in [1.165, 1.54) is 25.3 Å². The second kappa shape index (κ2) is 6.08. The van der Waals surface area contributed by atoms with Crippen molar-refractivity contribution in [3.05, 3.63) is 53.3 Å². The maximum Gasteiger partial charge on any atom is 0.335 e. The van der Waals surface area contributed by atoms with Gasteiger partial charge in [-0.25, -0.2) is 9.59 Å². The summed E-state index contributed by atoms with van der Waals surface area (Å²) in [7, 11) is 1.26. The van der Waals surface area contributed by atoms with Crippen LogP contribution >= 0.6 is 0 Å². The number of hydrogen-bond donors (Lipinski definition) is 2. The molecule has 8 nitrogen and oxygen atoms in total. The van der Waals surface area contributed by atoms with Crippen LogP contribution in [-0.2, 0) is 9.59 Å². The number of aromatic carboxylic acids is 1. The van der Waals surface area contributed by atoms with Gasteiger partial charge in [0.15, 0.2) is 0 Å². The minimum atomic E-state index is -1.03. The van der Waals surface area contributed by atoms with Crippen LogP contribution in [0.15, 0.2) is 46.4 Å². The third kappa shape index (κ3) is 3.05. The summed E-state index contributed by atoms with van der Waals surface area (Å²) in [6.07, 6.45) is 1.25. The number of furan rings is 1. The van der Waals surface area contributed by atoms with Gasteiger partial charge in [0.2, 0.25) is 0 Å². The van der Waals surface area contributed by atoms with Crippen LogP contribution in [0.5, 0.6) is 0 Å². The van der Waals surface area contributed by atoms with E-state index >= 15 is 0 Å². The van der Waals surface area contributed by atoms with Crippen molar-refractivity contribution in [3.63, 3.8) is 0 Å². The summed E-state index contributed by atoms with van der Waals surface area (Å²) in [5.41, 5.74) is 0.570. The molecule has 1 aromatic carbocycles. The molecule has 0 unspecified atom stereocenters. The van der Waals surface area contributed by atoms with Gasteiger partial charge in [-0.3, -0.25) is 19.8 Å². The molecule has 8 heteroatoms. The zero-order chi connectivity index (χ0) is 18.1. The lowest BCUT2D eigenvalue weighted by molar-refractivity contribution is -0.129. The molecule has 2 N–H and O–H groups in total. The number of carboxylic acids is 1. The molecule has 3 rings (SSSR count). The molecule has 1 aliphatic heterocycles. The third-order valence-corrected chi connectivity index (χ3v) is 3.63. The first kappa shape index (κ1) is 16.2. The van der Waals surface area contributed by atoms with Crippen LogP contribution in [0.4, 0.5) is 4.79 Å². The first-order valence-electron chi connectivity index (χ1n) is 7.15. The van der Waals surface area contributed by atoms with Crippen LogP contribution in [0.25, 0.3) is 17.4 Å². The molecule has 1 aliphatic rings. The molecule has 1 fully saturated rings. The lowest BCUT2D eigenvalue weighted by atomic mass is 10.1. The first-order chi connectivity index (χ1) is 11.9. The van der Waals surface area contributed by atoms with Gasteiger partial charge in [0.05, 0.1) is 5.56 Å². The molecule has 0 radical (unpaired) electrons. The number of nitrogens with one attached hydrogen (secondary N) is 1. The molecule has 1 saturated heterocycles. The Morgan fingerprint density at radius 1 is 1.12 bits per heavy atom. The monoisotopic (exact) mass is 340 g/mol. The second-order valence-corrected chi connectivity index (χ2v) is 5.27. The van der Waals surface area contributed by atoms with Gasteiger partial charge in [-0.1, -0.05) is 12.1 Å². The predicted molar refractivity (Wildman–Crippen MR) is 85.4 cm³/mol. The van der Waals surface area contributed by atoms with E-state index in [4.69, 9.17) is 9.52 Å². The summed E-state index contributed by atoms with van der Waals surface area (Å²) < 4.78 is 5.57. The van der Waals surface area contributed by atoms with Crippen LogP contribution in [0, 0.1) is 0 Å². The van der Waals surface area contributed by atoms with E-state index in [2.05, 4.69) is 0 Å². The molecule has 0 aliphatic carbocycles. The standard InChI is InChI=1S/C17H12N2O6/c1-19-15(21)12(14(20)18-17(19)24)8-11-6-7-13(25-11)9-2-4-10(5-3-9)16(22)23/h2-8H,1H3,(H,22,23)(H,18,20,24). The quantitative estimate of drug-likeness (QED) is 0.649. The fourth-order valence-corrected chi connectivity index (χ4v) is 2.25. The number of urea groups is 1. The highest BCUT2D eigenvalue weighted by atomic mass is 16.4. The van der Waals surface area contributed by atoms with Crippen LogP contribution < -0.4 is 5.32 Å². The van der Waals surface area contributed by atoms with E-state index < -0.39 is 23.8 Å². The van der Waals surface area contributed by atoms with Crippen LogP contribution in [-0.4, -0.2) is 40.9 Å². The summed E-state index contributed by atoms with van der Waals surface area (Å²) >= 11 is 0. The zero-order valence-electron chi connectivity index (χ0n) is 13.0. The molecular formula is C17H12N2O6. The third-order valence-electron chi connectivity index (χ3n) is 3.63. The highest BCUT2D eigenvalue weighted by Gasteiger charge is 2.33. The molecule has 2 aromatic rings. The SMILES string of the molecule is CN1C(=O)NC(=O)C(=Cc2ccc(-c3ccc(C(=O)O)cc3)o2)C1=O. The molecule has 0 spiro atoms. The Hall–Kier alpha value is -3.68. The summed E-state index contributed by atoms with van der Waals surface area (Å²) in [6, 6.07) is 8.46. The number of carboxylic acid groups (broad SMARTS) is 1. The van der Waals surface area contributed by atoms with Crippen molar-refractivity contribution >= 4 is 29.9 Å². The van der Waals surface area contributed by atoms with Gasteiger partial charge in [-0.15, -0.1) is 0 Å². The number of carbonyl (C=O) groups excluding carboxylic acids is 3. The molecule has 0 atom stereocenters. The molecule has 1 aromatic heterocycles. The van der Waals surface area contributed by atoms with Gasteiger partial charge >= 0.3 is 12.0 Å². The largest absolute Gasteiger partial charge is 0.478 e. The van der Waals surface area contributed by atoms with Crippen molar-refractivity contribution in [3.8, 4) is 11.3 Å². The minimum Gasteiger partial charge on any atom is -0.478 e. The van der Waals surface area contributed by atoms with Crippen molar-refractivity contribution in [2.75, 3.05) is 7.05 Å². The normalized spacial score (nSPS) is 16.3. The van der Waals surface area contributed by atoms with Crippen LogP contribution in [0.1, 0.15) is 16.1 Å². The number of barbiturate groups is 1. The lowest BCUT2D eigenvalue weighted by Crippen LogP contribution is -2.52. The fraction of sp³-hybridized carbons (Fsp3) is 0.0588. The summed E-state index contributed by atoms with van der Waals surface area (Å²) in [5, 5.41) is 10.9. The smallest absolute Gasteiger partial charge is 0.335 e. The number of carbonyl (C=O) groups is 4. The molecular weight excluding hydrogens is 328 g/mol. The number of hydrogen-bond acceptors (Lipinski definition) is 5. The van der Waals surface area contributed by atoms with Gasteiger partial charge in [0.25, 0.3) is 11.8 Å². The maximum atomic E-state index is 12.0. The molecule has 25 heavy (non-hydrogen) atoms. The number of benzene rings is 1. The van der Waals surface area contributed by atoms with E-state index in [0.29, 0.717) is 11.3 Å². The number of likely N-dealkylation sites (N-methyl/N-ethyl adjacent to an activating group) is 1. The number of amides is 4. The average molecular weight is 340 g/mol. The van der Waals surface area contributed by atoms with E-state index in [1.54, 1.807) is 24.3 Å². The van der Waals surface area contributed by atoms with Crippen molar-refractivity contribution in [2.24, 2.45) is 0 Å². The highest BCUT2D eigenvalue weighted by molar-refractivity contribution is 6.30. The van der Waals surface area contributed by atoms with E-state index in [1.807, 2.05) is 5.32 Å². The summed E-state index contributed by atoms with van der Waals surface area (Å²) in [6.45, 7) is 0. The summed E-state index contributed by atoms with van der Waals surface area (Å²) in [4.78, 5) is 46.8. The Kier molecular flexibility index (Phi) is 3.94. The first-order valence-corrected chi connectivity index (χ1v) is 7.15. The van der Waals surface area contributed by atoms with Crippen molar-refractivity contribution < 1.29 is 28.7 Å². The Balaban J connectivity index is 1.88. The van der Waals surface area contributed by atoms with Gasteiger partial charge in [0.1, 0.15) is 17.1 Å².